The fraction of sp³-hybridized carbons (Fsp3) is 0.533. The van der Waals surface area contributed by atoms with Crippen molar-refractivity contribution in [1.29, 1.82) is 5.26 Å². The van der Waals surface area contributed by atoms with Crippen LogP contribution < -0.4 is 0 Å². The molecule has 2 aromatic heterocycles. The van der Waals surface area contributed by atoms with Crippen LogP contribution in [-0.4, -0.2) is 14.5 Å². The van der Waals surface area contributed by atoms with Crippen LogP contribution in [-0.2, 0) is 13.0 Å². The van der Waals surface area contributed by atoms with E-state index in [1.165, 1.54) is 5.69 Å². The average Bonchev–Trinajstić information content (AvgIpc) is 2.65. The molecule has 0 fully saturated rings. The van der Waals surface area contributed by atoms with Gasteiger partial charge in [-0.15, -0.1) is 0 Å². The highest BCUT2D eigenvalue weighted by molar-refractivity contribution is 5.77. The number of fused-ring (bicyclic) bond motifs is 1. The number of aryl methyl sites for hydroxylation is 1. The standard InChI is InChI=1S/C15H20N4/c1-5-6-12-7-11-9-17-13(8-16)18-14(11)19(12)10-15(2,3)4/h7,9H,5-6,10H2,1-4H3. The summed E-state index contributed by atoms with van der Waals surface area (Å²) < 4.78 is 2.24. The fourth-order valence-corrected chi connectivity index (χ4v) is 2.26. The van der Waals surface area contributed by atoms with Gasteiger partial charge in [0.2, 0.25) is 5.82 Å². The van der Waals surface area contributed by atoms with Gasteiger partial charge in [-0.25, -0.2) is 9.97 Å². The van der Waals surface area contributed by atoms with E-state index in [2.05, 4.69) is 48.3 Å². The Balaban J connectivity index is 2.60. The van der Waals surface area contributed by atoms with Crippen LogP contribution in [0.3, 0.4) is 0 Å². The molecule has 2 rings (SSSR count). The van der Waals surface area contributed by atoms with E-state index < -0.39 is 0 Å². The van der Waals surface area contributed by atoms with E-state index in [1.807, 2.05) is 6.07 Å². The highest BCUT2D eigenvalue weighted by Gasteiger charge is 2.17. The molecular formula is C15H20N4. The molecule has 0 saturated heterocycles. The van der Waals surface area contributed by atoms with Gasteiger partial charge in [-0.1, -0.05) is 34.1 Å². The summed E-state index contributed by atoms with van der Waals surface area (Å²) in [6.45, 7) is 9.70. The summed E-state index contributed by atoms with van der Waals surface area (Å²) in [7, 11) is 0. The van der Waals surface area contributed by atoms with Crippen molar-refractivity contribution in [2.24, 2.45) is 5.41 Å². The van der Waals surface area contributed by atoms with Crippen molar-refractivity contribution in [3.8, 4) is 6.07 Å². The second-order valence-corrected chi connectivity index (χ2v) is 6.12. The first-order chi connectivity index (χ1) is 8.94. The quantitative estimate of drug-likeness (QED) is 0.846. The van der Waals surface area contributed by atoms with Gasteiger partial charge in [-0.2, -0.15) is 5.26 Å². The van der Waals surface area contributed by atoms with Crippen molar-refractivity contribution in [2.75, 3.05) is 0 Å². The largest absolute Gasteiger partial charge is 0.329 e. The first kappa shape index (κ1) is 13.5. The third-order valence-electron chi connectivity index (χ3n) is 2.96. The molecule has 2 heterocycles. The van der Waals surface area contributed by atoms with Crippen molar-refractivity contribution in [2.45, 2.75) is 47.1 Å². The van der Waals surface area contributed by atoms with Gasteiger partial charge >= 0.3 is 0 Å². The van der Waals surface area contributed by atoms with Crippen LogP contribution in [0.4, 0.5) is 0 Å². The van der Waals surface area contributed by atoms with E-state index in [1.54, 1.807) is 6.20 Å². The molecule has 0 bridgehead atoms. The lowest BCUT2D eigenvalue weighted by atomic mass is 9.96. The Morgan fingerprint density at radius 3 is 2.68 bits per heavy atom. The molecule has 0 spiro atoms. The molecular weight excluding hydrogens is 236 g/mol. The average molecular weight is 256 g/mol. The highest BCUT2D eigenvalue weighted by Crippen LogP contribution is 2.24. The Morgan fingerprint density at radius 1 is 1.37 bits per heavy atom. The Bertz CT molecular complexity index is 626. The molecule has 100 valence electrons. The van der Waals surface area contributed by atoms with Crippen LogP contribution >= 0.6 is 0 Å². The van der Waals surface area contributed by atoms with E-state index in [4.69, 9.17) is 5.26 Å². The van der Waals surface area contributed by atoms with Crippen LogP contribution in [0.2, 0.25) is 0 Å². The molecule has 0 radical (unpaired) electrons. The maximum absolute atomic E-state index is 8.95. The van der Waals surface area contributed by atoms with Crippen LogP contribution in [0.5, 0.6) is 0 Å². The van der Waals surface area contributed by atoms with Gasteiger partial charge in [0.05, 0.1) is 0 Å². The number of aromatic nitrogens is 3. The first-order valence-corrected chi connectivity index (χ1v) is 6.70. The number of hydrogen-bond donors (Lipinski definition) is 0. The summed E-state index contributed by atoms with van der Waals surface area (Å²) in [4.78, 5) is 8.42. The molecule has 0 N–H and O–H groups in total. The van der Waals surface area contributed by atoms with Crippen LogP contribution in [0.15, 0.2) is 12.3 Å². The molecule has 0 atom stereocenters. The van der Waals surface area contributed by atoms with Gasteiger partial charge in [0.25, 0.3) is 0 Å². The number of rotatable bonds is 3. The third-order valence-corrected chi connectivity index (χ3v) is 2.96. The van der Waals surface area contributed by atoms with Crippen LogP contribution in [0.25, 0.3) is 11.0 Å². The van der Waals surface area contributed by atoms with Gasteiger partial charge < -0.3 is 4.57 Å². The van der Waals surface area contributed by atoms with Gasteiger partial charge in [-0.3, -0.25) is 0 Å². The lowest BCUT2D eigenvalue weighted by Crippen LogP contribution is -2.17. The predicted octanol–water partition coefficient (Wildman–Crippen LogP) is 3.30. The molecule has 4 nitrogen and oxygen atoms in total. The van der Waals surface area contributed by atoms with Crippen LogP contribution in [0, 0.1) is 16.7 Å². The van der Waals surface area contributed by atoms with E-state index in [9.17, 15) is 0 Å². The smallest absolute Gasteiger partial charge is 0.234 e. The SMILES string of the molecule is CCCc1cc2cnc(C#N)nc2n1CC(C)(C)C. The Hall–Kier alpha value is -1.89. The maximum Gasteiger partial charge on any atom is 0.234 e. The Kier molecular flexibility index (Phi) is 3.57. The first-order valence-electron chi connectivity index (χ1n) is 6.70. The number of hydrogen-bond acceptors (Lipinski definition) is 3. The molecule has 0 aliphatic heterocycles. The summed E-state index contributed by atoms with van der Waals surface area (Å²) in [5.41, 5.74) is 2.33. The molecule has 0 aromatic carbocycles. The zero-order valence-electron chi connectivity index (χ0n) is 12.1. The minimum Gasteiger partial charge on any atom is -0.329 e. The number of nitriles is 1. The molecule has 4 heteroatoms. The topological polar surface area (TPSA) is 54.5 Å². The minimum atomic E-state index is 0.173. The Labute approximate surface area is 114 Å². The van der Waals surface area contributed by atoms with Crippen LogP contribution in [0.1, 0.15) is 45.6 Å². The molecule has 0 unspecified atom stereocenters. The summed E-state index contributed by atoms with van der Waals surface area (Å²) in [6.07, 6.45) is 3.87. The minimum absolute atomic E-state index is 0.173. The second kappa shape index (κ2) is 5.00. The molecule has 19 heavy (non-hydrogen) atoms. The molecule has 0 amide bonds. The third kappa shape index (κ3) is 2.93. The summed E-state index contributed by atoms with van der Waals surface area (Å²) >= 11 is 0. The fourth-order valence-electron chi connectivity index (χ4n) is 2.26. The van der Waals surface area contributed by atoms with E-state index in [-0.39, 0.29) is 11.2 Å². The van der Waals surface area contributed by atoms with Crippen molar-refractivity contribution < 1.29 is 0 Å². The lowest BCUT2D eigenvalue weighted by molar-refractivity contribution is 0.343. The molecule has 0 aliphatic rings. The molecule has 2 aromatic rings. The van der Waals surface area contributed by atoms with Gasteiger partial charge in [-0.05, 0) is 17.9 Å². The number of nitrogens with zero attached hydrogens (tertiary/aromatic N) is 4. The zero-order chi connectivity index (χ0) is 14.0. The summed E-state index contributed by atoms with van der Waals surface area (Å²) in [5, 5.41) is 9.97. The monoisotopic (exact) mass is 256 g/mol. The van der Waals surface area contributed by atoms with Crippen molar-refractivity contribution in [3.63, 3.8) is 0 Å². The van der Waals surface area contributed by atoms with Crippen molar-refractivity contribution >= 4 is 11.0 Å². The lowest BCUT2D eigenvalue weighted by Gasteiger charge is -2.21. The highest BCUT2D eigenvalue weighted by atomic mass is 15.1. The molecule has 0 aliphatic carbocycles. The summed E-state index contributed by atoms with van der Waals surface area (Å²) in [5.74, 6) is 0.240. The van der Waals surface area contributed by atoms with Gasteiger partial charge in [0, 0.05) is 23.8 Å². The predicted molar refractivity (Wildman–Crippen MR) is 75.7 cm³/mol. The van der Waals surface area contributed by atoms with Gasteiger partial charge in [0.15, 0.2) is 0 Å². The van der Waals surface area contributed by atoms with Gasteiger partial charge in [0.1, 0.15) is 11.7 Å². The van der Waals surface area contributed by atoms with E-state index >= 15 is 0 Å². The van der Waals surface area contributed by atoms with E-state index in [0.29, 0.717) is 0 Å². The van der Waals surface area contributed by atoms with E-state index in [0.717, 1.165) is 30.4 Å². The zero-order valence-corrected chi connectivity index (χ0v) is 12.1. The molecule has 0 saturated carbocycles. The van der Waals surface area contributed by atoms with Crippen molar-refractivity contribution in [1.82, 2.24) is 14.5 Å². The summed E-state index contributed by atoms with van der Waals surface area (Å²) in [6, 6.07) is 4.16. The normalized spacial score (nSPS) is 11.7. The Morgan fingerprint density at radius 2 is 2.11 bits per heavy atom. The van der Waals surface area contributed by atoms with Crippen molar-refractivity contribution in [3.05, 3.63) is 23.8 Å². The maximum atomic E-state index is 8.95. The second-order valence-electron chi connectivity index (χ2n) is 6.12.